The maximum absolute atomic E-state index is 13.1. The Balaban J connectivity index is 1.94. The van der Waals surface area contributed by atoms with Gasteiger partial charge in [-0.25, -0.2) is 0 Å². The molecule has 0 aromatic heterocycles. The van der Waals surface area contributed by atoms with E-state index in [1.54, 1.807) is 0 Å². The summed E-state index contributed by atoms with van der Waals surface area (Å²) in [5.74, 6) is -0.931. The summed E-state index contributed by atoms with van der Waals surface area (Å²) in [6.45, 7) is 5.51. The summed E-state index contributed by atoms with van der Waals surface area (Å²) >= 11 is 0. The summed E-state index contributed by atoms with van der Waals surface area (Å²) in [5, 5.41) is 5.60. The lowest BCUT2D eigenvalue weighted by Crippen LogP contribution is -2.52. The van der Waals surface area contributed by atoms with Crippen LogP contribution in [0.2, 0.25) is 0 Å². The van der Waals surface area contributed by atoms with Gasteiger partial charge in [-0.3, -0.25) is 9.59 Å². The van der Waals surface area contributed by atoms with Crippen LogP contribution in [0, 0.1) is 5.92 Å². The molecule has 2 amide bonds. The van der Waals surface area contributed by atoms with Gasteiger partial charge in [0.25, 0.3) is 0 Å². The van der Waals surface area contributed by atoms with Crippen LogP contribution >= 0.6 is 0 Å². The van der Waals surface area contributed by atoms with Gasteiger partial charge in [0.2, 0.25) is 11.8 Å². The van der Waals surface area contributed by atoms with Crippen LogP contribution in [-0.2, 0) is 28.6 Å². The van der Waals surface area contributed by atoms with Crippen LogP contribution in [0.5, 0.6) is 0 Å². The molecule has 0 aliphatic carbocycles. The summed E-state index contributed by atoms with van der Waals surface area (Å²) in [6, 6.07) is 14.0. The zero-order valence-electron chi connectivity index (χ0n) is 18.0. The van der Waals surface area contributed by atoms with Gasteiger partial charge in [-0.2, -0.15) is 13.2 Å². The van der Waals surface area contributed by atoms with Gasteiger partial charge in [0, 0.05) is 12.5 Å². The molecule has 7 heteroatoms. The molecule has 168 valence electrons. The molecule has 0 heterocycles. The van der Waals surface area contributed by atoms with Gasteiger partial charge in [0.05, 0.1) is 5.56 Å². The minimum absolute atomic E-state index is 0.0572. The zero-order valence-corrected chi connectivity index (χ0v) is 18.0. The quantitative estimate of drug-likeness (QED) is 0.609. The Labute approximate surface area is 181 Å². The number of hydrogen-bond acceptors (Lipinski definition) is 2. The molecule has 31 heavy (non-hydrogen) atoms. The first-order chi connectivity index (χ1) is 14.6. The molecule has 0 aliphatic rings. The predicted octanol–water partition coefficient (Wildman–Crippen LogP) is 4.53. The van der Waals surface area contributed by atoms with E-state index in [1.165, 1.54) is 18.2 Å². The number of aryl methyl sites for hydroxylation is 1. The van der Waals surface area contributed by atoms with E-state index in [1.807, 2.05) is 51.1 Å². The second-order valence-corrected chi connectivity index (χ2v) is 8.04. The molecule has 4 nitrogen and oxygen atoms in total. The van der Waals surface area contributed by atoms with Crippen LogP contribution in [-0.4, -0.2) is 23.9 Å². The van der Waals surface area contributed by atoms with Crippen LogP contribution in [0.1, 0.15) is 43.9 Å². The maximum atomic E-state index is 13.1. The summed E-state index contributed by atoms with van der Waals surface area (Å²) in [6.07, 6.45) is -4.01. The van der Waals surface area contributed by atoms with E-state index in [0.29, 0.717) is 6.42 Å². The van der Waals surface area contributed by atoms with Gasteiger partial charge in [-0.15, -0.1) is 0 Å². The van der Waals surface area contributed by atoms with Crippen molar-refractivity contribution in [2.24, 2.45) is 5.92 Å². The van der Waals surface area contributed by atoms with E-state index in [9.17, 15) is 22.8 Å². The van der Waals surface area contributed by atoms with Crippen LogP contribution in [0.25, 0.3) is 0 Å². The number of hydrogen-bond donors (Lipinski definition) is 2. The minimum atomic E-state index is -4.47. The third kappa shape index (κ3) is 7.74. The molecular formula is C24H29F3N2O2. The molecule has 0 radical (unpaired) electrons. The zero-order chi connectivity index (χ0) is 23.0. The van der Waals surface area contributed by atoms with E-state index in [0.717, 1.165) is 11.6 Å². The van der Waals surface area contributed by atoms with Crippen molar-refractivity contribution in [3.05, 3.63) is 71.3 Å². The first-order valence-electron chi connectivity index (χ1n) is 10.4. The fourth-order valence-corrected chi connectivity index (χ4v) is 3.39. The monoisotopic (exact) mass is 434 g/mol. The molecular weight excluding hydrogens is 405 g/mol. The summed E-state index contributed by atoms with van der Waals surface area (Å²) in [5.41, 5.74) is 0.409. The topological polar surface area (TPSA) is 58.2 Å². The lowest BCUT2D eigenvalue weighted by atomic mass is 10.00. The highest BCUT2D eigenvalue weighted by molar-refractivity contribution is 5.88. The lowest BCUT2D eigenvalue weighted by molar-refractivity contribution is -0.138. The minimum Gasteiger partial charge on any atom is -0.352 e. The Bertz CT molecular complexity index is 867. The first-order valence-corrected chi connectivity index (χ1v) is 10.4. The van der Waals surface area contributed by atoms with Crippen LogP contribution in [0.3, 0.4) is 0 Å². The fraction of sp³-hybridized carbons (Fsp3) is 0.417. The van der Waals surface area contributed by atoms with Crippen molar-refractivity contribution >= 4 is 11.8 Å². The predicted molar refractivity (Wildman–Crippen MR) is 114 cm³/mol. The molecule has 2 aromatic rings. The van der Waals surface area contributed by atoms with Crippen molar-refractivity contribution in [1.29, 1.82) is 0 Å². The molecule has 0 fully saturated rings. The molecule has 2 aromatic carbocycles. The third-order valence-electron chi connectivity index (χ3n) is 4.98. The molecule has 2 N–H and O–H groups in total. The fourth-order valence-electron chi connectivity index (χ4n) is 3.39. The molecule has 2 rings (SSSR count). The third-order valence-corrected chi connectivity index (χ3v) is 4.98. The number of carbonyl (C=O) groups is 2. The average molecular weight is 435 g/mol. The first kappa shape index (κ1) is 24.4. The lowest BCUT2D eigenvalue weighted by Gasteiger charge is -2.24. The maximum Gasteiger partial charge on any atom is 0.416 e. The smallest absolute Gasteiger partial charge is 0.352 e. The Hall–Kier alpha value is -2.83. The average Bonchev–Trinajstić information content (AvgIpc) is 2.70. The van der Waals surface area contributed by atoms with Crippen molar-refractivity contribution < 1.29 is 22.8 Å². The second kappa shape index (κ2) is 11.0. The highest BCUT2D eigenvalue weighted by Gasteiger charge is 2.33. The Morgan fingerprint density at radius 3 is 2.13 bits per heavy atom. The molecule has 2 unspecified atom stereocenters. The van der Waals surface area contributed by atoms with Gasteiger partial charge < -0.3 is 10.6 Å². The molecule has 0 aliphatic heterocycles. The second-order valence-electron chi connectivity index (χ2n) is 8.04. The van der Waals surface area contributed by atoms with E-state index in [2.05, 4.69) is 10.6 Å². The standard InChI is InChI=1S/C24H29F3N2O2/c1-16(2)22(23(31)28-17(3)15-18-9-5-4-6-10-18)29-21(30)14-13-19-11-7-8-12-20(19)24(25,26)27/h4-12,16-17,22H,13-15H2,1-3H3,(H,28,31)(H,29,30). The van der Waals surface area contributed by atoms with Crippen LogP contribution in [0.4, 0.5) is 13.2 Å². The van der Waals surface area contributed by atoms with E-state index >= 15 is 0 Å². The van der Waals surface area contributed by atoms with Crippen LogP contribution in [0.15, 0.2) is 54.6 Å². The number of benzene rings is 2. The summed E-state index contributed by atoms with van der Waals surface area (Å²) in [4.78, 5) is 25.1. The van der Waals surface area contributed by atoms with Crippen molar-refractivity contribution in [3.8, 4) is 0 Å². The van der Waals surface area contributed by atoms with E-state index < -0.39 is 23.7 Å². The van der Waals surface area contributed by atoms with Crippen molar-refractivity contribution in [2.45, 2.75) is 58.3 Å². The normalized spacial score (nSPS) is 13.5. The van der Waals surface area contributed by atoms with Crippen molar-refractivity contribution in [1.82, 2.24) is 10.6 Å². The summed E-state index contributed by atoms with van der Waals surface area (Å²) in [7, 11) is 0. The highest BCUT2D eigenvalue weighted by Crippen LogP contribution is 2.32. The Kier molecular flexibility index (Phi) is 8.65. The molecule has 0 spiro atoms. The molecule has 2 atom stereocenters. The number of halogens is 3. The molecule has 0 saturated carbocycles. The summed E-state index contributed by atoms with van der Waals surface area (Å²) < 4.78 is 39.4. The van der Waals surface area contributed by atoms with Gasteiger partial charge in [-0.1, -0.05) is 62.4 Å². The number of carbonyl (C=O) groups excluding carboxylic acids is 2. The van der Waals surface area contributed by atoms with Crippen molar-refractivity contribution in [2.75, 3.05) is 0 Å². The highest BCUT2D eigenvalue weighted by atomic mass is 19.4. The Morgan fingerprint density at radius 2 is 1.52 bits per heavy atom. The van der Waals surface area contributed by atoms with E-state index in [-0.39, 0.29) is 36.3 Å². The number of rotatable bonds is 9. The number of alkyl halides is 3. The van der Waals surface area contributed by atoms with Gasteiger partial charge in [-0.05, 0) is 42.9 Å². The van der Waals surface area contributed by atoms with Crippen LogP contribution < -0.4 is 10.6 Å². The van der Waals surface area contributed by atoms with Gasteiger partial charge in [0.1, 0.15) is 6.04 Å². The molecule has 0 bridgehead atoms. The molecule has 0 saturated heterocycles. The number of nitrogens with one attached hydrogen (secondary N) is 2. The SMILES string of the molecule is CC(Cc1ccccc1)NC(=O)C(NC(=O)CCc1ccccc1C(F)(F)F)C(C)C. The number of amides is 2. The Morgan fingerprint density at radius 1 is 0.903 bits per heavy atom. The van der Waals surface area contributed by atoms with E-state index in [4.69, 9.17) is 0 Å². The van der Waals surface area contributed by atoms with Gasteiger partial charge >= 0.3 is 6.18 Å². The largest absolute Gasteiger partial charge is 0.416 e. The van der Waals surface area contributed by atoms with Crippen molar-refractivity contribution in [3.63, 3.8) is 0 Å². The van der Waals surface area contributed by atoms with Gasteiger partial charge in [0.15, 0.2) is 0 Å².